The molecule has 2 heterocycles. The van der Waals surface area contributed by atoms with Gasteiger partial charge in [0, 0.05) is 23.7 Å². The Morgan fingerprint density at radius 2 is 2.24 bits per heavy atom. The molecule has 3 N–H and O–H groups in total. The van der Waals surface area contributed by atoms with Gasteiger partial charge in [-0.1, -0.05) is 13.8 Å². The summed E-state index contributed by atoms with van der Waals surface area (Å²) in [7, 11) is 0. The number of aromatic nitrogens is 4. The molecule has 0 amide bonds. The van der Waals surface area contributed by atoms with Crippen molar-refractivity contribution in [1.29, 1.82) is 0 Å². The summed E-state index contributed by atoms with van der Waals surface area (Å²) in [5.41, 5.74) is 6.03. The molecule has 6 heteroatoms. The van der Waals surface area contributed by atoms with E-state index >= 15 is 0 Å². The van der Waals surface area contributed by atoms with Crippen molar-refractivity contribution in [1.82, 2.24) is 19.6 Å². The Kier molecular flexibility index (Phi) is 2.74. The van der Waals surface area contributed by atoms with Crippen LogP contribution in [-0.2, 0) is 5.41 Å². The second-order valence-corrected chi connectivity index (χ2v) is 4.56. The maximum Gasteiger partial charge on any atom is 0.274 e. The number of hydrogen-bond donors (Lipinski definition) is 2. The third-order valence-corrected chi connectivity index (χ3v) is 3.26. The molecule has 2 aromatic heterocycles. The molecular weight excluding hydrogens is 218 g/mol. The normalized spacial score (nSPS) is 15.1. The summed E-state index contributed by atoms with van der Waals surface area (Å²) < 4.78 is 1.35. The van der Waals surface area contributed by atoms with E-state index in [1.165, 1.54) is 10.6 Å². The molecule has 0 aliphatic heterocycles. The van der Waals surface area contributed by atoms with Gasteiger partial charge in [0.15, 0.2) is 0 Å². The van der Waals surface area contributed by atoms with Gasteiger partial charge in [0.1, 0.15) is 5.82 Å². The predicted molar refractivity (Wildman–Crippen MR) is 65.0 cm³/mol. The molecule has 6 nitrogen and oxygen atoms in total. The lowest BCUT2D eigenvalue weighted by Gasteiger charge is -2.22. The lowest BCUT2D eigenvalue weighted by atomic mass is 9.87. The van der Waals surface area contributed by atoms with Gasteiger partial charge in [-0.15, -0.1) is 0 Å². The van der Waals surface area contributed by atoms with Crippen molar-refractivity contribution in [3.05, 3.63) is 27.9 Å². The van der Waals surface area contributed by atoms with Crippen LogP contribution in [0.4, 0.5) is 0 Å². The lowest BCUT2D eigenvalue weighted by Crippen LogP contribution is -2.32. The van der Waals surface area contributed by atoms with Gasteiger partial charge in [-0.25, -0.2) is 4.98 Å². The number of aromatic amines is 1. The zero-order chi connectivity index (χ0) is 12.6. The molecule has 92 valence electrons. The Hall–Kier alpha value is -1.69. The molecule has 0 aromatic carbocycles. The van der Waals surface area contributed by atoms with Gasteiger partial charge < -0.3 is 5.73 Å². The fraction of sp³-hybridized carbons (Fsp3) is 0.545. The SMILES string of the molecule is CCC(C)(CN)c1nc2nc(C)cc(=O)n2[nH]1. The van der Waals surface area contributed by atoms with Crippen molar-refractivity contribution in [3.8, 4) is 0 Å². The summed E-state index contributed by atoms with van der Waals surface area (Å²) in [5, 5.41) is 2.98. The number of aryl methyl sites for hydroxylation is 1. The van der Waals surface area contributed by atoms with Crippen molar-refractivity contribution in [2.45, 2.75) is 32.6 Å². The first-order valence-electron chi connectivity index (χ1n) is 5.67. The number of H-pyrrole nitrogens is 1. The number of nitrogens with one attached hydrogen (secondary N) is 1. The summed E-state index contributed by atoms with van der Waals surface area (Å²) in [6, 6.07) is 1.47. The number of fused-ring (bicyclic) bond motifs is 1. The minimum Gasteiger partial charge on any atom is -0.329 e. The van der Waals surface area contributed by atoms with E-state index in [0.717, 1.165) is 6.42 Å². The molecule has 0 saturated carbocycles. The third-order valence-electron chi connectivity index (χ3n) is 3.26. The third kappa shape index (κ3) is 1.84. The first-order valence-corrected chi connectivity index (χ1v) is 5.67. The first-order chi connectivity index (χ1) is 8.00. The van der Waals surface area contributed by atoms with E-state index in [1.807, 2.05) is 13.8 Å². The maximum atomic E-state index is 11.7. The van der Waals surface area contributed by atoms with Crippen LogP contribution in [0, 0.1) is 6.92 Å². The predicted octanol–water partition coefficient (Wildman–Crippen LogP) is 0.352. The van der Waals surface area contributed by atoms with E-state index in [9.17, 15) is 4.79 Å². The molecular formula is C11H17N5O. The topological polar surface area (TPSA) is 89.1 Å². The highest BCUT2D eigenvalue weighted by Gasteiger charge is 2.27. The van der Waals surface area contributed by atoms with Gasteiger partial charge in [0.2, 0.25) is 0 Å². The average molecular weight is 235 g/mol. The Bertz CT molecular complexity index is 593. The second kappa shape index (κ2) is 3.96. The zero-order valence-corrected chi connectivity index (χ0v) is 10.3. The van der Waals surface area contributed by atoms with Gasteiger partial charge in [-0.05, 0) is 13.3 Å². The Balaban J connectivity index is 2.67. The van der Waals surface area contributed by atoms with Crippen molar-refractivity contribution < 1.29 is 0 Å². The highest BCUT2D eigenvalue weighted by atomic mass is 16.1. The number of nitrogens with two attached hydrogens (primary N) is 1. The molecule has 0 saturated heterocycles. The molecule has 1 unspecified atom stereocenters. The van der Waals surface area contributed by atoms with Gasteiger partial charge >= 0.3 is 0 Å². The first kappa shape index (κ1) is 11.8. The van der Waals surface area contributed by atoms with Crippen molar-refractivity contribution >= 4 is 5.78 Å². The monoisotopic (exact) mass is 235 g/mol. The minimum atomic E-state index is -0.256. The van der Waals surface area contributed by atoms with Crippen LogP contribution in [0.15, 0.2) is 10.9 Å². The van der Waals surface area contributed by atoms with Crippen LogP contribution in [0.5, 0.6) is 0 Å². The van der Waals surface area contributed by atoms with Crippen molar-refractivity contribution in [3.63, 3.8) is 0 Å². The molecule has 0 aliphatic rings. The summed E-state index contributed by atoms with van der Waals surface area (Å²) in [6.07, 6.45) is 0.844. The quantitative estimate of drug-likeness (QED) is 0.803. The fourth-order valence-electron chi connectivity index (χ4n) is 1.67. The lowest BCUT2D eigenvalue weighted by molar-refractivity contribution is 0.438. The van der Waals surface area contributed by atoms with Gasteiger partial charge in [0.25, 0.3) is 11.3 Å². The molecule has 0 aliphatic carbocycles. The zero-order valence-electron chi connectivity index (χ0n) is 10.3. The fourth-order valence-corrected chi connectivity index (χ4v) is 1.67. The maximum absolute atomic E-state index is 11.7. The smallest absolute Gasteiger partial charge is 0.274 e. The van der Waals surface area contributed by atoms with Gasteiger partial charge in [0.05, 0.1) is 0 Å². The standard InChI is InChI=1S/C11H17N5O/c1-4-11(3,6-12)9-14-10-13-7(2)5-8(17)16(10)15-9/h5H,4,6,12H2,1-3H3,(H,13,14,15). The van der Waals surface area contributed by atoms with E-state index in [0.29, 0.717) is 23.8 Å². The highest BCUT2D eigenvalue weighted by molar-refractivity contribution is 5.29. The van der Waals surface area contributed by atoms with Crippen LogP contribution in [0.25, 0.3) is 5.78 Å². The second-order valence-electron chi connectivity index (χ2n) is 4.56. The number of nitrogens with zero attached hydrogens (tertiary/aromatic N) is 3. The largest absolute Gasteiger partial charge is 0.329 e. The van der Waals surface area contributed by atoms with E-state index < -0.39 is 0 Å². The van der Waals surface area contributed by atoms with Crippen LogP contribution in [0.2, 0.25) is 0 Å². The van der Waals surface area contributed by atoms with Gasteiger partial charge in [-0.3, -0.25) is 9.89 Å². The summed E-state index contributed by atoms with van der Waals surface area (Å²) >= 11 is 0. The molecule has 0 spiro atoms. The van der Waals surface area contributed by atoms with Crippen LogP contribution in [-0.4, -0.2) is 26.1 Å². The average Bonchev–Trinajstić information content (AvgIpc) is 2.72. The summed E-state index contributed by atoms with van der Waals surface area (Å²) in [5.74, 6) is 1.11. The van der Waals surface area contributed by atoms with Gasteiger partial charge in [-0.2, -0.15) is 9.50 Å². The molecule has 0 radical (unpaired) electrons. The minimum absolute atomic E-state index is 0.151. The van der Waals surface area contributed by atoms with Crippen molar-refractivity contribution in [2.75, 3.05) is 6.54 Å². The van der Waals surface area contributed by atoms with Crippen molar-refractivity contribution in [2.24, 2.45) is 5.73 Å². The Labute approximate surface area is 98.9 Å². The Morgan fingerprint density at radius 1 is 1.53 bits per heavy atom. The Morgan fingerprint density at radius 3 is 2.82 bits per heavy atom. The van der Waals surface area contributed by atoms with Crippen LogP contribution in [0.1, 0.15) is 31.8 Å². The van der Waals surface area contributed by atoms with E-state index in [1.54, 1.807) is 6.92 Å². The molecule has 2 rings (SSSR count). The summed E-state index contributed by atoms with van der Waals surface area (Å²) in [6.45, 7) is 6.30. The highest BCUT2D eigenvalue weighted by Crippen LogP contribution is 2.22. The van der Waals surface area contributed by atoms with E-state index in [2.05, 4.69) is 15.1 Å². The molecule has 0 fully saturated rings. The number of hydrogen-bond acceptors (Lipinski definition) is 4. The van der Waals surface area contributed by atoms with E-state index in [-0.39, 0.29) is 11.0 Å². The van der Waals surface area contributed by atoms with E-state index in [4.69, 9.17) is 5.73 Å². The molecule has 1 atom stereocenters. The molecule has 17 heavy (non-hydrogen) atoms. The molecule has 0 bridgehead atoms. The van der Waals surface area contributed by atoms with Crippen LogP contribution < -0.4 is 11.3 Å². The summed E-state index contributed by atoms with van der Waals surface area (Å²) in [4.78, 5) is 20.3. The van der Waals surface area contributed by atoms with Crippen LogP contribution >= 0.6 is 0 Å². The van der Waals surface area contributed by atoms with Crippen LogP contribution in [0.3, 0.4) is 0 Å². The number of rotatable bonds is 3. The molecule has 2 aromatic rings.